The fourth-order valence-corrected chi connectivity index (χ4v) is 4.91. The summed E-state index contributed by atoms with van der Waals surface area (Å²) in [6, 6.07) is 3.35. The molecule has 0 spiro atoms. The number of halogens is 1. The molecule has 3 aromatic rings. The molecule has 36 heavy (non-hydrogen) atoms. The molecule has 10 nitrogen and oxygen atoms in total. The molecule has 12 heteroatoms. The van der Waals surface area contributed by atoms with Crippen molar-refractivity contribution in [2.75, 3.05) is 13.2 Å². The van der Waals surface area contributed by atoms with E-state index in [1.54, 1.807) is 39.8 Å². The summed E-state index contributed by atoms with van der Waals surface area (Å²) in [5.74, 6) is -1.95. The Balaban J connectivity index is 2.19. The maximum Gasteiger partial charge on any atom is 0.348 e. The number of nitrogens with one attached hydrogen (secondary N) is 1. The first-order valence-electron chi connectivity index (χ1n) is 10.9. The first-order chi connectivity index (χ1) is 17.0. The standard InChI is InChI=1S/C24H24BrN3O7S/c1-6-34-22(31)17-13(5)18(23(32)35-7-2)36-20(17)26-10-14-19(29)27-24(33)28(21(14)30)16-9-8-15(25)11(3)12(16)4/h8-10,30H,6-7H2,1-5H3,(H,27,29,33). The number of nitrogens with zero attached hydrogens (tertiary/aromatic N) is 2. The molecule has 0 saturated carbocycles. The summed E-state index contributed by atoms with van der Waals surface area (Å²) in [6.07, 6.45) is 1.04. The predicted octanol–water partition coefficient (Wildman–Crippen LogP) is 4.08. The number of benzene rings is 1. The van der Waals surface area contributed by atoms with Crippen molar-refractivity contribution < 1.29 is 24.2 Å². The fraction of sp³-hybridized carbons (Fsp3) is 0.292. The van der Waals surface area contributed by atoms with Gasteiger partial charge < -0.3 is 14.6 Å². The van der Waals surface area contributed by atoms with Gasteiger partial charge in [0.1, 0.15) is 21.0 Å². The van der Waals surface area contributed by atoms with Gasteiger partial charge in [-0.25, -0.2) is 23.9 Å². The van der Waals surface area contributed by atoms with Crippen LogP contribution in [0.2, 0.25) is 0 Å². The van der Waals surface area contributed by atoms with Gasteiger partial charge in [0, 0.05) is 10.7 Å². The average Bonchev–Trinajstić information content (AvgIpc) is 3.15. The van der Waals surface area contributed by atoms with Crippen LogP contribution < -0.4 is 11.2 Å². The molecule has 2 N–H and O–H groups in total. The van der Waals surface area contributed by atoms with Crippen molar-refractivity contribution in [1.29, 1.82) is 0 Å². The number of esters is 2. The lowest BCUT2D eigenvalue weighted by molar-refractivity contribution is 0.0527. The van der Waals surface area contributed by atoms with Gasteiger partial charge in [-0.05, 0) is 63.4 Å². The van der Waals surface area contributed by atoms with Crippen molar-refractivity contribution >= 4 is 50.4 Å². The lowest BCUT2D eigenvalue weighted by atomic mass is 10.1. The zero-order valence-corrected chi connectivity index (χ0v) is 22.6. The molecular formula is C24H24BrN3O7S. The van der Waals surface area contributed by atoms with Gasteiger partial charge in [0.05, 0.1) is 18.9 Å². The van der Waals surface area contributed by atoms with E-state index < -0.39 is 29.1 Å². The van der Waals surface area contributed by atoms with Crippen molar-refractivity contribution in [2.45, 2.75) is 34.6 Å². The van der Waals surface area contributed by atoms with Crippen LogP contribution in [0.4, 0.5) is 5.00 Å². The number of aromatic nitrogens is 2. The molecule has 0 aliphatic heterocycles. The van der Waals surface area contributed by atoms with E-state index in [-0.39, 0.29) is 34.2 Å². The van der Waals surface area contributed by atoms with Crippen LogP contribution in [0.25, 0.3) is 5.69 Å². The van der Waals surface area contributed by atoms with Crippen LogP contribution in [0, 0.1) is 20.8 Å². The molecule has 0 atom stereocenters. The molecule has 0 fully saturated rings. The highest BCUT2D eigenvalue weighted by Crippen LogP contribution is 2.36. The summed E-state index contributed by atoms with van der Waals surface area (Å²) in [7, 11) is 0. The molecule has 190 valence electrons. The topological polar surface area (TPSA) is 140 Å². The molecule has 0 aliphatic rings. The lowest BCUT2D eigenvalue weighted by Gasteiger charge is -2.14. The number of thiophene rings is 1. The van der Waals surface area contributed by atoms with E-state index >= 15 is 0 Å². The Bertz CT molecular complexity index is 1500. The highest BCUT2D eigenvalue weighted by molar-refractivity contribution is 9.10. The molecular weight excluding hydrogens is 554 g/mol. The summed E-state index contributed by atoms with van der Waals surface area (Å²) in [4.78, 5) is 56.7. The molecule has 2 heterocycles. The SMILES string of the molecule is CCOC(=O)c1sc(N=Cc2c(O)n(-c3ccc(Br)c(C)c3C)c(=O)[nH]c2=O)c(C(=O)OCC)c1C. The first-order valence-corrected chi connectivity index (χ1v) is 12.5. The third kappa shape index (κ3) is 5.05. The van der Waals surface area contributed by atoms with E-state index in [4.69, 9.17) is 9.47 Å². The van der Waals surface area contributed by atoms with E-state index in [9.17, 15) is 24.3 Å². The lowest BCUT2D eigenvalue weighted by Crippen LogP contribution is -2.31. The largest absolute Gasteiger partial charge is 0.493 e. The Labute approximate surface area is 218 Å². The van der Waals surface area contributed by atoms with Crippen molar-refractivity contribution in [3.05, 3.63) is 70.1 Å². The molecule has 0 saturated heterocycles. The normalized spacial score (nSPS) is 11.2. The summed E-state index contributed by atoms with van der Waals surface area (Å²) < 4.78 is 11.9. The summed E-state index contributed by atoms with van der Waals surface area (Å²) in [6.45, 7) is 8.73. The van der Waals surface area contributed by atoms with Gasteiger partial charge in [0.2, 0.25) is 5.88 Å². The summed E-state index contributed by atoms with van der Waals surface area (Å²) in [5, 5.41) is 11.0. The van der Waals surface area contributed by atoms with Crippen molar-refractivity contribution in [1.82, 2.24) is 9.55 Å². The second-order valence-corrected chi connectivity index (χ2v) is 9.44. The Morgan fingerprint density at radius 3 is 2.36 bits per heavy atom. The van der Waals surface area contributed by atoms with E-state index in [0.29, 0.717) is 16.8 Å². The van der Waals surface area contributed by atoms with Gasteiger partial charge in [-0.1, -0.05) is 15.9 Å². The highest BCUT2D eigenvalue weighted by atomic mass is 79.9. The quantitative estimate of drug-likeness (QED) is 0.318. The van der Waals surface area contributed by atoms with Crippen LogP contribution in [-0.2, 0) is 9.47 Å². The number of rotatable bonds is 7. The third-order valence-electron chi connectivity index (χ3n) is 5.43. The van der Waals surface area contributed by atoms with E-state index in [2.05, 4.69) is 25.9 Å². The van der Waals surface area contributed by atoms with E-state index in [0.717, 1.165) is 32.2 Å². The Morgan fingerprint density at radius 2 is 1.72 bits per heavy atom. The van der Waals surface area contributed by atoms with Crippen LogP contribution in [0.1, 0.15) is 56.1 Å². The minimum Gasteiger partial charge on any atom is -0.493 e. The second kappa shape index (κ2) is 11.0. The molecule has 0 unspecified atom stereocenters. The third-order valence-corrected chi connectivity index (χ3v) is 7.47. The van der Waals surface area contributed by atoms with Crippen LogP contribution in [0.5, 0.6) is 5.88 Å². The minimum atomic E-state index is -0.874. The van der Waals surface area contributed by atoms with Gasteiger partial charge in [-0.2, -0.15) is 0 Å². The Kier molecular flexibility index (Phi) is 8.31. The maximum absolute atomic E-state index is 12.6. The average molecular weight is 578 g/mol. The van der Waals surface area contributed by atoms with Crippen molar-refractivity contribution in [3.63, 3.8) is 0 Å². The number of aromatic amines is 1. The first kappa shape index (κ1) is 27.1. The van der Waals surface area contributed by atoms with Gasteiger partial charge in [-0.15, -0.1) is 11.3 Å². The smallest absolute Gasteiger partial charge is 0.348 e. The van der Waals surface area contributed by atoms with Gasteiger partial charge >= 0.3 is 17.6 Å². The molecule has 3 rings (SSSR count). The maximum atomic E-state index is 12.6. The number of aromatic hydroxyl groups is 1. The molecule has 2 aromatic heterocycles. The monoisotopic (exact) mass is 577 g/mol. The number of hydrogen-bond donors (Lipinski definition) is 2. The van der Waals surface area contributed by atoms with Crippen LogP contribution in [-0.4, -0.2) is 46.0 Å². The fourth-order valence-electron chi connectivity index (χ4n) is 3.44. The van der Waals surface area contributed by atoms with Crippen LogP contribution >= 0.6 is 27.3 Å². The van der Waals surface area contributed by atoms with Crippen molar-refractivity contribution in [2.24, 2.45) is 4.99 Å². The van der Waals surface area contributed by atoms with Gasteiger partial charge in [0.25, 0.3) is 5.56 Å². The molecule has 0 amide bonds. The number of carbonyl (C=O) groups is 2. The van der Waals surface area contributed by atoms with Gasteiger partial charge in [-0.3, -0.25) is 9.78 Å². The highest BCUT2D eigenvalue weighted by Gasteiger charge is 2.26. The van der Waals surface area contributed by atoms with Crippen LogP contribution in [0.3, 0.4) is 0 Å². The van der Waals surface area contributed by atoms with Crippen molar-refractivity contribution in [3.8, 4) is 11.6 Å². The Hall–Kier alpha value is -3.51. The number of ether oxygens (including phenoxy) is 2. The van der Waals surface area contributed by atoms with Crippen LogP contribution in [0.15, 0.2) is 31.2 Å². The Morgan fingerprint density at radius 1 is 1.08 bits per heavy atom. The number of carbonyl (C=O) groups excluding carboxylic acids is 2. The summed E-state index contributed by atoms with van der Waals surface area (Å²) >= 11 is 4.31. The molecule has 1 aromatic carbocycles. The zero-order valence-electron chi connectivity index (χ0n) is 20.2. The van der Waals surface area contributed by atoms with E-state index in [1.807, 2.05) is 6.92 Å². The predicted molar refractivity (Wildman–Crippen MR) is 140 cm³/mol. The number of H-pyrrole nitrogens is 1. The molecule has 0 radical (unpaired) electrons. The van der Waals surface area contributed by atoms with E-state index in [1.165, 1.54) is 0 Å². The zero-order chi connectivity index (χ0) is 26.7. The molecule has 0 bridgehead atoms. The second-order valence-electron chi connectivity index (χ2n) is 7.58. The number of aliphatic imine (C=N–C) groups is 1. The minimum absolute atomic E-state index is 0.0461. The number of hydrogen-bond acceptors (Lipinski definition) is 9. The van der Waals surface area contributed by atoms with Gasteiger partial charge in [0.15, 0.2) is 0 Å². The molecule has 0 aliphatic carbocycles. The summed E-state index contributed by atoms with van der Waals surface area (Å²) in [5.41, 5.74) is 0.275.